The topological polar surface area (TPSA) is 92.3 Å². The Labute approximate surface area is 179 Å². The van der Waals surface area contributed by atoms with Crippen LogP contribution < -0.4 is 5.32 Å². The Bertz CT molecular complexity index is 1160. The van der Waals surface area contributed by atoms with Crippen LogP contribution in [0.4, 0.5) is 5.69 Å². The van der Waals surface area contributed by atoms with Crippen LogP contribution in [0.3, 0.4) is 0 Å². The third kappa shape index (κ3) is 4.14. The van der Waals surface area contributed by atoms with Crippen molar-refractivity contribution in [2.24, 2.45) is 0 Å². The average molecular weight is 443 g/mol. The van der Waals surface area contributed by atoms with Gasteiger partial charge in [0.25, 0.3) is 5.91 Å². The maximum atomic E-state index is 13.1. The zero-order valence-corrected chi connectivity index (χ0v) is 18.3. The van der Waals surface area contributed by atoms with Gasteiger partial charge in [-0.25, -0.2) is 8.42 Å². The molecule has 1 aliphatic heterocycles. The number of hydrogen-bond donors (Lipinski definition) is 1. The van der Waals surface area contributed by atoms with Gasteiger partial charge in [-0.1, -0.05) is 46.7 Å². The quantitative estimate of drug-likeness (QED) is 0.646. The molecular formula is C21H22N4O3S2. The Morgan fingerprint density at radius 3 is 2.33 bits per heavy atom. The number of anilines is 1. The molecule has 1 aromatic heterocycles. The Kier molecular flexibility index (Phi) is 5.68. The van der Waals surface area contributed by atoms with E-state index in [1.54, 1.807) is 24.3 Å². The van der Waals surface area contributed by atoms with Crippen molar-refractivity contribution in [3.05, 3.63) is 69.7 Å². The second-order valence-electron chi connectivity index (χ2n) is 7.35. The molecule has 0 saturated carbocycles. The van der Waals surface area contributed by atoms with Crippen LogP contribution in [0.2, 0.25) is 0 Å². The highest BCUT2D eigenvalue weighted by Gasteiger charge is 2.38. The lowest BCUT2D eigenvalue weighted by Gasteiger charge is -2.22. The predicted octanol–water partition coefficient (Wildman–Crippen LogP) is 3.93. The molecule has 1 N–H and O–H groups in total. The summed E-state index contributed by atoms with van der Waals surface area (Å²) in [6.45, 7) is 4.31. The van der Waals surface area contributed by atoms with E-state index in [1.807, 2.05) is 38.1 Å². The Morgan fingerprint density at radius 2 is 1.67 bits per heavy atom. The molecule has 4 rings (SSSR count). The van der Waals surface area contributed by atoms with Gasteiger partial charge in [-0.2, -0.15) is 4.31 Å². The van der Waals surface area contributed by atoms with E-state index >= 15 is 0 Å². The average Bonchev–Trinajstić information content (AvgIpc) is 3.40. The SMILES string of the molecule is Cc1ccc(NC(=O)c2nnc([C@H]3CCCN3S(=O)(=O)c3ccc(C)cc3)s2)cc1. The minimum absolute atomic E-state index is 0.213. The Hall–Kier alpha value is -2.62. The largest absolute Gasteiger partial charge is 0.320 e. The standard InChI is InChI=1S/C21H22N4O3S2/c1-14-5-9-16(10-6-14)22-19(26)21-24-23-20(29-21)18-4-3-13-25(18)30(27,28)17-11-7-15(2)8-12-17/h5-12,18H,3-4,13H2,1-2H3,(H,22,26)/t18-/m1/s1. The smallest absolute Gasteiger partial charge is 0.286 e. The van der Waals surface area contributed by atoms with E-state index in [0.29, 0.717) is 23.7 Å². The lowest BCUT2D eigenvalue weighted by Crippen LogP contribution is -2.30. The summed E-state index contributed by atoms with van der Waals surface area (Å²) in [5.74, 6) is -0.353. The zero-order valence-electron chi connectivity index (χ0n) is 16.7. The van der Waals surface area contributed by atoms with E-state index in [0.717, 1.165) is 28.9 Å². The molecule has 0 unspecified atom stereocenters. The molecule has 7 nitrogen and oxygen atoms in total. The molecule has 0 spiro atoms. The van der Waals surface area contributed by atoms with Crippen molar-refractivity contribution in [1.82, 2.24) is 14.5 Å². The van der Waals surface area contributed by atoms with Crippen molar-refractivity contribution in [2.75, 3.05) is 11.9 Å². The number of nitrogens with one attached hydrogen (secondary N) is 1. The molecule has 0 bridgehead atoms. The summed E-state index contributed by atoms with van der Waals surface area (Å²) in [5.41, 5.74) is 2.77. The number of benzene rings is 2. The number of carbonyl (C=O) groups excluding carboxylic acids is 1. The molecule has 0 aliphatic carbocycles. The number of nitrogens with zero attached hydrogens (tertiary/aromatic N) is 3. The Balaban J connectivity index is 1.54. The van der Waals surface area contributed by atoms with E-state index in [9.17, 15) is 13.2 Å². The monoisotopic (exact) mass is 442 g/mol. The molecule has 156 valence electrons. The Morgan fingerprint density at radius 1 is 1.03 bits per heavy atom. The number of carbonyl (C=O) groups is 1. The molecule has 30 heavy (non-hydrogen) atoms. The first-order valence-corrected chi connectivity index (χ1v) is 11.9. The molecule has 1 saturated heterocycles. The minimum atomic E-state index is -3.64. The van der Waals surface area contributed by atoms with E-state index in [1.165, 1.54) is 4.31 Å². The molecule has 2 aromatic carbocycles. The number of amides is 1. The van der Waals surface area contributed by atoms with E-state index < -0.39 is 16.1 Å². The van der Waals surface area contributed by atoms with Crippen LogP contribution >= 0.6 is 11.3 Å². The van der Waals surface area contributed by atoms with Crippen LogP contribution in [0.1, 0.15) is 44.8 Å². The minimum Gasteiger partial charge on any atom is -0.320 e. The van der Waals surface area contributed by atoms with E-state index in [2.05, 4.69) is 15.5 Å². The summed E-state index contributed by atoms with van der Waals surface area (Å²) in [6.07, 6.45) is 1.39. The first-order valence-electron chi connectivity index (χ1n) is 9.64. The fourth-order valence-corrected chi connectivity index (χ4v) is 6.02. The van der Waals surface area contributed by atoms with Crippen LogP contribution in [0.25, 0.3) is 0 Å². The summed E-state index contributed by atoms with van der Waals surface area (Å²) in [7, 11) is -3.64. The third-order valence-electron chi connectivity index (χ3n) is 5.06. The van der Waals surface area contributed by atoms with Crippen molar-refractivity contribution in [3.8, 4) is 0 Å². The maximum Gasteiger partial charge on any atom is 0.286 e. The van der Waals surface area contributed by atoms with Gasteiger partial charge in [-0.15, -0.1) is 10.2 Å². The highest BCUT2D eigenvalue weighted by molar-refractivity contribution is 7.89. The summed E-state index contributed by atoms with van der Waals surface area (Å²) < 4.78 is 27.8. The predicted molar refractivity (Wildman–Crippen MR) is 116 cm³/mol. The van der Waals surface area contributed by atoms with Crippen molar-refractivity contribution in [2.45, 2.75) is 37.6 Å². The molecular weight excluding hydrogens is 420 g/mol. The number of rotatable bonds is 5. The van der Waals surface area contributed by atoms with Crippen LogP contribution in [0.5, 0.6) is 0 Å². The van der Waals surface area contributed by atoms with Crippen LogP contribution in [-0.2, 0) is 10.0 Å². The van der Waals surface area contributed by atoms with E-state index in [4.69, 9.17) is 0 Å². The summed E-state index contributed by atoms with van der Waals surface area (Å²) in [4.78, 5) is 12.8. The maximum absolute atomic E-state index is 13.1. The van der Waals surface area contributed by atoms with Gasteiger partial charge >= 0.3 is 0 Å². The molecule has 1 fully saturated rings. The number of aryl methyl sites for hydroxylation is 2. The molecule has 3 aromatic rings. The van der Waals surface area contributed by atoms with Crippen LogP contribution in [0.15, 0.2) is 53.4 Å². The fourth-order valence-electron chi connectivity index (χ4n) is 3.40. The van der Waals surface area contributed by atoms with Gasteiger partial charge in [0.1, 0.15) is 5.01 Å². The first kappa shape index (κ1) is 20.6. The lowest BCUT2D eigenvalue weighted by atomic mass is 10.2. The number of aromatic nitrogens is 2. The molecule has 0 radical (unpaired) electrons. The second-order valence-corrected chi connectivity index (χ2v) is 10.3. The van der Waals surface area contributed by atoms with Crippen molar-refractivity contribution in [3.63, 3.8) is 0 Å². The molecule has 1 aliphatic rings. The number of hydrogen-bond acceptors (Lipinski definition) is 6. The fraction of sp³-hybridized carbons (Fsp3) is 0.286. The van der Waals surface area contributed by atoms with Gasteiger partial charge in [0.05, 0.1) is 10.9 Å². The van der Waals surface area contributed by atoms with E-state index in [-0.39, 0.29) is 15.8 Å². The van der Waals surface area contributed by atoms with Crippen molar-refractivity contribution < 1.29 is 13.2 Å². The zero-order chi connectivity index (χ0) is 21.3. The van der Waals surface area contributed by atoms with Crippen molar-refractivity contribution >= 4 is 33.0 Å². The first-order chi connectivity index (χ1) is 14.3. The highest BCUT2D eigenvalue weighted by Crippen LogP contribution is 2.37. The van der Waals surface area contributed by atoms with Gasteiger partial charge in [0.15, 0.2) is 0 Å². The lowest BCUT2D eigenvalue weighted by molar-refractivity contribution is 0.102. The summed E-state index contributed by atoms with van der Waals surface area (Å²) >= 11 is 1.14. The second kappa shape index (κ2) is 8.25. The van der Waals surface area contributed by atoms with Gasteiger partial charge in [-0.05, 0) is 51.0 Å². The van der Waals surface area contributed by atoms with Gasteiger partial charge in [-0.3, -0.25) is 4.79 Å². The summed E-state index contributed by atoms with van der Waals surface area (Å²) in [6, 6.07) is 13.9. The molecule has 9 heteroatoms. The van der Waals surface area contributed by atoms with Crippen LogP contribution in [0, 0.1) is 13.8 Å². The summed E-state index contributed by atoms with van der Waals surface area (Å²) in [5, 5.41) is 11.7. The number of sulfonamides is 1. The third-order valence-corrected chi connectivity index (χ3v) is 8.01. The molecule has 2 heterocycles. The normalized spacial score (nSPS) is 17.2. The highest BCUT2D eigenvalue weighted by atomic mass is 32.2. The molecule has 1 atom stereocenters. The van der Waals surface area contributed by atoms with Gasteiger partial charge < -0.3 is 5.32 Å². The molecule has 1 amide bonds. The van der Waals surface area contributed by atoms with Gasteiger partial charge in [0.2, 0.25) is 15.0 Å². The van der Waals surface area contributed by atoms with Crippen molar-refractivity contribution in [1.29, 1.82) is 0 Å². The van der Waals surface area contributed by atoms with Crippen LogP contribution in [-0.4, -0.2) is 35.4 Å². The van der Waals surface area contributed by atoms with Gasteiger partial charge in [0, 0.05) is 12.2 Å².